The molecule has 0 saturated heterocycles. The third kappa shape index (κ3) is 2.53. The summed E-state index contributed by atoms with van der Waals surface area (Å²) in [6, 6.07) is 9.91. The molecule has 88 valence electrons. The van der Waals surface area contributed by atoms with Crippen LogP contribution >= 0.6 is 0 Å². The van der Waals surface area contributed by atoms with E-state index in [1.165, 1.54) is 5.56 Å². The zero-order valence-corrected chi connectivity index (χ0v) is 10.4. The lowest BCUT2D eigenvalue weighted by molar-refractivity contribution is 0.214. The van der Waals surface area contributed by atoms with Crippen molar-refractivity contribution >= 4 is 0 Å². The molecule has 1 unspecified atom stereocenters. The van der Waals surface area contributed by atoms with Crippen molar-refractivity contribution in [2.45, 2.75) is 26.9 Å². The lowest BCUT2D eigenvalue weighted by Gasteiger charge is -2.14. The van der Waals surface area contributed by atoms with E-state index in [9.17, 15) is 5.11 Å². The van der Waals surface area contributed by atoms with E-state index in [1.54, 1.807) is 6.20 Å². The van der Waals surface area contributed by atoms with E-state index in [-0.39, 0.29) is 0 Å². The summed E-state index contributed by atoms with van der Waals surface area (Å²) in [4.78, 5) is 4.23. The van der Waals surface area contributed by atoms with Gasteiger partial charge in [-0.25, -0.2) is 0 Å². The average Bonchev–Trinajstić information content (AvgIpc) is 2.28. The second-order valence-corrected chi connectivity index (χ2v) is 4.52. The molecule has 2 nitrogen and oxygen atoms in total. The van der Waals surface area contributed by atoms with Crippen molar-refractivity contribution in [2.75, 3.05) is 0 Å². The van der Waals surface area contributed by atoms with Gasteiger partial charge in [-0.05, 0) is 49.6 Å². The molecule has 0 bridgehead atoms. The van der Waals surface area contributed by atoms with Crippen molar-refractivity contribution in [2.24, 2.45) is 0 Å². The van der Waals surface area contributed by atoms with Crippen LogP contribution in [0.1, 0.15) is 34.1 Å². The fourth-order valence-corrected chi connectivity index (χ4v) is 2.00. The highest BCUT2D eigenvalue weighted by molar-refractivity contribution is 5.36. The number of hydrogen-bond acceptors (Lipinski definition) is 2. The van der Waals surface area contributed by atoms with Crippen LogP contribution in [0, 0.1) is 20.8 Å². The predicted octanol–water partition coefficient (Wildman–Crippen LogP) is 3.09. The molecule has 2 heteroatoms. The molecule has 0 radical (unpaired) electrons. The van der Waals surface area contributed by atoms with Crippen LogP contribution in [0.5, 0.6) is 0 Å². The van der Waals surface area contributed by atoms with E-state index in [4.69, 9.17) is 0 Å². The lowest BCUT2D eigenvalue weighted by Crippen LogP contribution is -2.04. The quantitative estimate of drug-likeness (QED) is 0.855. The Morgan fingerprint density at radius 1 is 1.00 bits per heavy atom. The number of aliphatic hydroxyl groups excluding tert-OH is 1. The highest BCUT2D eigenvalue weighted by Gasteiger charge is 2.14. The summed E-state index contributed by atoms with van der Waals surface area (Å²) >= 11 is 0. The predicted molar refractivity (Wildman–Crippen MR) is 69.0 cm³/mol. The van der Waals surface area contributed by atoms with Crippen molar-refractivity contribution < 1.29 is 5.11 Å². The summed E-state index contributed by atoms with van der Waals surface area (Å²) < 4.78 is 0. The number of benzene rings is 1. The summed E-state index contributed by atoms with van der Waals surface area (Å²) in [5, 5.41) is 10.3. The fraction of sp³-hybridized carbons (Fsp3) is 0.267. The zero-order chi connectivity index (χ0) is 12.4. The van der Waals surface area contributed by atoms with Crippen LogP contribution in [0.4, 0.5) is 0 Å². The first-order valence-corrected chi connectivity index (χ1v) is 5.75. The smallest absolute Gasteiger partial charge is 0.121 e. The van der Waals surface area contributed by atoms with Gasteiger partial charge in [0.05, 0.1) is 5.69 Å². The van der Waals surface area contributed by atoms with Gasteiger partial charge in [-0.3, -0.25) is 4.98 Å². The number of rotatable bonds is 2. The van der Waals surface area contributed by atoms with Crippen LogP contribution in [0.25, 0.3) is 0 Å². The molecule has 1 heterocycles. The van der Waals surface area contributed by atoms with Gasteiger partial charge in [0, 0.05) is 6.20 Å². The molecule has 1 aromatic carbocycles. The van der Waals surface area contributed by atoms with Gasteiger partial charge >= 0.3 is 0 Å². The third-order valence-electron chi connectivity index (χ3n) is 2.94. The van der Waals surface area contributed by atoms with Crippen LogP contribution < -0.4 is 0 Å². The number of aromatic nitrogens is 1. The Balaban J connectivity index is 2.40. The second kappa shape index (κ2) is 4.68. The minimum absolute atomic E-state index is 0.643. The van der Waals surface area contributed by atoms with E-state index >= 15 is 0 Å². The van der Waals surface area contributed by atoms with Crippen molar-refractivity contribution in [3.63, 3.8) is 0 Å². The van der Waals surface area contributed by atoms with E-state index in [2.05, 4.69) is 11.1 Å². The fourth-order valence-electron chi connectivity index (χ4n) is 2.00. The van der Waals surface area contributed by atoms with Gasteiger partial charge in [-0.2, -0.15) is 0 Å². The monoisotopic (exact) mass is 227 g/mol. The molecule has 0 spiro atoms. The molecule has 2 aromatic rings. The van der Waals surface area contributed by atoms with Gasteiger partial charge in [0.1, 0.15) is 6.10 Å². The number of hydrogen-bond donors (Lipinski definition) is 1. The minimum atomic E-state index is -0.643. The molecule has 2 rings (SSSR count). The van der Waals surface area contributed by atoms with E-state index in [0.29, 0.717) is 5.69 Å². The van der Waals surface area contributed by atoms with Crippen LogP contribution in [0.15, 0.2) is 36.5 Å². The number of pyridine rings is 1. The summed E-state index contributed by atoms with van der Waals surface area (Å²) in [5.74, 6) is 0. The SMILES string of the molecule is Cc1ccnc(C(O)c2ccc(C)cc2C)c1. The number of nitrogens with zero attached hydrogens (tertiary/aromatic N) is 1. The molecule has 0 aliphatic heterocycles. The molecule has 1 aromatic heterocycles. The molecular formula is C15H17NO. The maximum absolute atomic E-state index is 10.3. The maximum Gasteiger partial charge on any atom is 0.121 e. The molecule has 0 saturated carbocycles. The van der Waals surface area contributed by atoms with Crippen molar-refractivity contribution in [1.82, 2.24) is 4.98 Å². The van der Waals surface area contributed by atoms with Crippen molar-refractivity contribution in [3.8, 4) is 0 Å². The van der Waals surface area contributed by atoms with Crippen LogP contribution in [0.3, 0.4) is 0 Å². The Kier molecular flexibility index (Phi) is 3.25. The van der Waals surface area contributed by atoms with Gasteiger partial charge in [-0.15, -0.1) is 0 Å². The Morgan fingerprint density at radius 2 is 1.71 bits per heavy atom. The number of aryl methyl sites for hydroxylation is 3. The molecule has 1 N–H and O–H groups in total. The first-order chi connectivity index (χ1) is 8.08. The molecule has 0 fully saturated rings. The van der Waals surface area contributed by atoms with E-state index in [0.717, 1.165) is 16.7 Å². The van der Waals surface area contributed by atoms with Gasteiger partial charge < -0.3 is 5.11 Å². The largest absolute Gasteiger partial charge is 0.382 e. The maximum atomic E-state index is 10.3. The van der Waals surface area contributed by atoms with E-state index in [1.807, 2.05) is 45.0 Å². The summed E-state index contributed by atoms with van der Waals surface area (Å²) in [7, 11) is 0. The Hall–Kier alpha value is -1.67. The highest BCUT2D eigenvalue weighted by atomic mass is 16.3. The summed E-state index contributed by atoms with van der Waals surface area (Å²) in [5.41, 5.74) is 5.04. The molecule has 17 heavy (non-hydrogen) atoms. The molecule has 0 aliphatic rings. The standard InChI is InChI=1S/C15H17NO/c1-10-4-5-13(12(3)8-10)15(17)14-9-11(2)6-7-16-14/h4-9,15,17H,1-3H3. The van der Waals surface area contributed by atoms with Gasteiger partial charge in [0.25, 0.3) is 0 Å². The lowest BCUT2D eigenvalue weighted by atomic mass is 9.98. The van der Waals surface area contributed by atoms with Crippen LogP contribution in [0.2, 0.25) is 0 Å². The molecule has 0 amide bonds. The van der Waals surface area contributed by atoms with Crippen LogP contribution in [-0.2, 0) is 0 Å². The van der Waals surface area contributed by atoms with Crippen molar-refractivity contribution in [3.05, 3.63) is 64.5 Å². The van der Waals surface area contributed by atoms with E-state index < -0.39 is 6.10 Å². The molecular weight excluding hydrogens is 210 g/mol. The van der Waals surface area contributed by atoms with Crippen LogP contribution in [-0.4, -0.2) is 10.1 Å². The first kappa shape index (κ1) is 11.8. The average molecular weight is 227 g/mol. The Bertz CT molecular complexity index is 534. The molecule has 1 atom stereocenters. The molecule has 0 aliphatic carbocycles. The topological polar surface area (TPSA) is 33.1 Å². The third-order valence-corrected chi connectivity index (χ3v) is 2.94. The summed E-state index contributed by atoms with van der Waals surface area (Å²) in [6.07, 6.45) is 1.09. The highest BCUT2D eigenvalue weighted by Crippen LogP contribution is 2.24. The van der Waals surface area contributed by atoms with Gasteiger partial charge in [0.15, 0.2) is 0 Å². The Morgan fingerprint density at radius 3 is 2.35 bits per heavy atom. The summed E-state index contributed by atoms with van der Waals surface area (Å²) in [6.45, 7) is 6.06. The van der Waals surface area contributed by atoms with Gasteiger partial charge in [-0.1, -0.05) is 23.8 Å². The zero-order valence-electron chi connectivity index (χ0n) is 10.4. The minimum Gasteiger partial charge on any atom is -0.382 e. The second-order valence-electron chi connectivity index (χ2n) is 4.52. The van der Waals surface area contributed by atoms with Gasteiger partial charge in [0.2, 0.25) is 0 Å². The normalized spacial score (nSPS) is 12.5. The first-order valence-electron chi connectivity index (χ1n) is 5.75. The van der Waals surface area contributed by atoms with Crippen molar-refractivity contribution in [1.29, 1.82) is 0 Å². The Labute approximate surface area is 102 Å². The number of aliphatic hydroxyl groups is 1.